The SMILES string of the molecule is C[SiH2]OC(O[SiH2]C)C(C)(C)c1ccc(C(=O)N[C@@H]2CN(C(=O)O)CCC[C@H]2O)cc1. The maximum Gasteiger partial charge on any atom is 0.407 e. The number of aliphatic hydroxyl groups is 1. The molecule has 1 heterocycles. The molecule has 1 fully saturated rings. The van der Waals surface area contributed by atoms with Gasteiger partial charge >= 0.3 is 6.09 Å². The number of benzene rings is 1. The van der Waals surface area contributed by atoms with Crippen LogP contribution in [0.15, 0.2) is 24.3 Å². The molecular weight excluding hydrogens is 420 g/mol. The molecule has 2 atom stereocenters. The van der Waals surface area contributed by atoms with Crippen LogP contribution in [0, 0.1) is 0 Å². The molecule has 1 aromatic rings. The van der Waals surface area contributed by atoms with Crippen molar-refractivity contribution in [1.29, 1.82) is 0 Å². The van der Waals surface area contributed by atoms with Crippen LogP contribution < -0.4 is 5.32 Å². The topological polar surface area (TPSA) is 108 Å². The lowest BCUT2D eigenvalue weighted by molar-refractivity contribution is -0.0433. The van der Waals surface area contributed by atoms with Gasteiger partial charge in [0.25, 0.3) is 5.91 Å². The van der Waals surface area contributed by atoms with Crippen molar-refractivity contribution in [2.45, 2.75) is 63.6 Å². The molecule has 2 amide bonds. The molecule has 0 bridgehead atoms. The second-order valence-corrected chi connectivity index (χ2v) is 9.88. The maximum absolute atomic E-state index is 12.7. The standard InChI is InChI=1S/C20H34N2O6Si2/c1-20(2,18(27-29-3)28-30-4)14-9-7-13(8-10-14)17(24)21-15-12-22(19(25)26)11-5-6-16(15)23/h7-10,15-16,18,23H,5-6,11-12,29-30H2,1-4H3,(H,21,24)(H,25,26)/t15-,16-/m1/s1. The molecule has 8 nitrogen and oxygen atoms in total. The Hall–Kier alpha value is -1.73. The molecular formula is C20H34N2O6Si2. The first-order valence-corrected chi connectivity index (χ1v) is 14.5. The van der Waals surface area contributed by atoms with Gasteiger partial charge in [0.2, 0.25) is 0 Å². The Morgan fingerprint density at radius 3 is 2.33 bits per heavy atom. The van der Waals surface area contributed by atoms with Gasteiger partial charge in [-0.25, -0.2) is 4.79 Å². The Bertz CT molecular complexity index is 710. The average Bonchev–Trinajstić information content (AvgIpc) is 2.89. The number of carboxylic acid groups (broad SMARTS) is 1. The van der Waals surface area contributed by atoms with Gasteiger partial charge in [0.1, 0.15) is 6.29 Å². The zero-order valence-electron chi connectivity index (χ0n) is 18.3. The minimum absolute atomic E-state index is 0.0749. The monoisotopic (exact) mass is 454 g/mol. The minimum atomic E-state index is -1.04. The number of rotatable bonds is 8. The fourth-order valence-electron chi connectivity index (χ4n) is 3.66. The molecule has 0 spiro atoms. The number of nitrogens with one attached hydrogen (secondary N) is 1. The predicted molar refractivity (Wildman–Crippen MR) is 120 cm³/mol. The van der Waals surface area contributed by atoms with Crippen molar-refractivity contribution in [1.82, 2.24) is 10.2 Å². The molecule has 30 heavy (non-hydrogen) atoms. The van der Waals surface area contributed by atoms with E-state index in [1.54, 1.807) is 12.1 Å². The lowest BCUT2D eigenvalue weighted by Gasteiger charge is -2.35. The number of hydrogen-bond acceptors (Lipinski definition) is 5. The molecule has 1 aliphatic heterocycles. The number of nitrogens with zero attached hydrogens (tertiary/aromatic N) is 1. The molecule has 0 aromatic heterocycles. The van der Waals surface area contributed by atoms with Crippen LogP contribution in [0.4, 0.5) is 4.79 Å². The van der Waals surface area contributed by atoms with Crippen molar-refractivity contribution in [3.05, 3.63) is 35.4 Å². The zero-order chi connectivity index (χ0) is 22.3. The molecule has 2 rings (SSSR count). The average molecular weight is 455 g/mol. The smallest absolute Gasteiger partial charge is 0.407 e. The van der Waals surface area contributed by atoms with E-state index in [0.29, 0.717) is 24.9 Å². The summed E-state index contributed by atoms with van der Waals surface area (Å²) in [4.78, 5) is 25.3. The number of aliphatic hydroxyl groups excluding tert-OH is 1. The van der Waals surface area contributed by atoms with Crippen LogP contribution in [0.1, 0.15) is 42.6 Å². The van der Waals surface area contributed by atoms with Crippen molar-refractivity contribution in [3.8, 4) is 0 Å². The first-order valence-electron chi connectivity index (χ1n) is 10.5. The van der Waals surface area contributed by atoms with E-state index in [1.807, 2.05) is 12.1 Å². The van der Waals surface area contributed by atoms with Crippen molar-refractivity contribution in [3.63, 3.8) is 0 Å². The van der Waals surface area contributed by atoms with E-state index in [-0.39, 0.29) is 24.2 Å². The third kappa shape index (κ3) is 6.14. The number of carbonyl (C=O) groups excluding carboxylic acids is 1. The van der Waals surface area contributed by atoms with Crippen LogP contribution >= 0.6 is 0 Å². The molecule has 0 unspecified atom stereocenters. The van der Waals surface area contributed by atoms with E-state index in [4.69, 9.17) is 8.85 Å². The Labute approximate surface area is 182 Å². The predicted octanol–water partition coefficient (Wildman–Crippen LogP) is 0.820. The summed E-state index contributed by atoms with van der Waals surface area (Å²) >= 11 is 0. The van der Waals surface area contributed by atoms with Gasteiger partial charge in [-0.3, -0.25) is 4.79 Å². The summed E-state index contributed by atoms with van der Waals surface area (Å²) in [6, 6.07) is 6.65. The molecule has 168 valence electrons. The van der Waals surface area contributed by atoms with Crippen LogP contribution in [-0.2, 0) is 14.3 Å². The van der Waals surface area contributed by atoms with Crippen LogP contribution in [0.3, 0.4) is 0 Å². The van der Waals surface area contributed by atoms with Crippen LogP contribution in [0.25, 0.3) is 0 Å². The molecule has 0 aliphatic carbocycles. The van der Waals surface area contributed by atoms with Gasteiger partial charge in [0.05, 0.1) is 12.1 Å². The van der Waals surface area contributed by atoms with E-state index >= 15 is 0 Å². The Morgan fingerprint density at radius 1 is 1.20 bits per heavy atom. The zero-order valence-corrected chi connectivity index (χ0v) is 21.1. The van der Waals surface area contributed by atoms with Crippen LogP contribution in [0.5, 0.6) is 0 Å². The van der Waals surface area contributed by atoms with Gasteiger partial charge in [-0.15, -0.1) is 0 Å². The number of carbonyl (C=O) groups is 2. The normalized spacial score (nSPS) is 21.8. The van der Waals surface area contributed by atoms with Gasteiger partial charge in [-0.05, 0) is 30.5 Å². The van der Waals surface area contributed by atoms with Crippen LogP contribution in [-0.4, -0.2) is 78.2 Å². The summed E-state index contributed by atoms with van der Waals surface area (Å²) in [5.74, 6) is -0.332. The highest BCUT2D eigenvalue weighted by atomic mass is 28.2. The highest BCUT2D eigenvalue weighted by molar-refractivity contribution is 6.26. The lowest BCUT2D eigenvalue weighted by Crippen LogP contribution is -2.49. The summed E-state index contributed by atoms with van der Waals surface area (Å²) in [5, 5.41) is 22.4. The van der Waals surface area contributed by atoms with E-state index in [9.17, 15) is 19.8 Å². The summed E-state index contributed by atoms with van der Waals surface area (Å²) in [6.45, 7) is 8.72. The maximum atomic E-state index is 12.7. The summed E-state index contributed by atoms with van der Waals surface area (Å²) in [5.41, 5.74) is 1.13. The Balaban J connectivity index is 2.11. The van der Waals surface area contributed by atoms with Gasteiger partial charge in [0.15, 0.2) is 19.5 Å². The molecule has 0 radical (unpaired) electrons. The first-order chi connectivity index (χ1) is 14.2. The van der Waals surface area contributed by atoms with E-state index in [1.165, 1.54) is 4.90 Å². The second kappa shape index (κ2) is 11.1. The highest BCUT2D eigenvalue weighted by Gasteiger charge is 2.33. The third-order valence-electron chi connectivity index (χ3n) is 5.51. The van der Waals surface area contributed by atoms with Crippen molar-refractivity contribution in [2.75, 3.05) is 13.1 Å². The molecule has 10 heteroatoms. The Morgan fingerprint density at radius 2 is 1.80 bits per heavy atom. The molecule has 3 N–H and O–H groups in total. The van der Waals surface area contributed by atoms with Gasteiger partial charge in [-0.2, -0.15) is 0 Å². The molecule has 1 aromatic carbocycles. The van der Waals surface area contributed by atoms with Crippen molar-refractivity contribution >= 4 is 31.5 Å². The number of amides is 2. The number of hydrogen-bond donors (Lipinski definition) is 3. The quantitative estimate of drug-likeness (QED) is 0.396. The largest absolute Gasteiger partial charge is 0.465 e. The lowest BCUT2D eigenvalue weighted by atomic mass is 9.83. The molecule has 1 saturated heterocycles. The second-order valence-electron chi connectivity index (χ2n) is 8.06. The molecule has 1 aliphatic rings. The Kier molecular flexibility index (Phi) is 9.04. The van der Waals surface area contributed by atoms with Gasteiger partial charge in [0, 0.05) is 24.1 Å². The summed E-state index contributed by atoms with van der Waals surface area (Å²) < 4.78 is 11.8. The van der Waals surface area contributed by atoms with Crippen molar-refractivity contribution < 1.29 is 28.7 Å². The van der Waals surface area contributed by atoms with E-state index < -0.39 is 37.8 Å². The fourth-order valence-corrected chi connectivity index (χ4v) is 5.49. The van der Waals surface area contributed by atoms with Crippen molar-refractivity contribution in [2.24, 2.45) is 0 Å². The third-order valence-corrected chi connectivity index (χ3v) is 6.79. The molecule has 0 saturated carbocycles. The highest BCUT2D eigenvalue weighted by Crippen LogP contribution is 2.30. The minimum Gasteiger partial charge on any atom is -0.465 e. The summed E-state index contributed by atoms with van der Waals surface area (Å²) in [6.07, 6.45) is -1.09. The van der Waals surface area contributed by atoms with E-state index in [2.05, 4.69) is 32.3 Å². The number of likely N-dealkylation sites (tertiary alicyclic amines) is 1. The van der Waals surface area contributed by atoms with E-state index in [0.717, 1.165) is 5.56 Å². The van der Waals surface area contributed by atoms with Gasteiger partial charge in [-0.1, -0.05) is 39.1 Å². The fraction of sp³-hybridized carbons (Fsp3) is 0.600. The van der Waals surface area contributed by atoms with Crippen LogP contribution in [0.2, 0.25) is 13.1 Å². The first kappa shape index (κ1) is 24.5. The van der Waals surface area contributed by atoms with Gasteiger partial charge < -0.3 is 29.3 Å². The summed E-state index contributed by atoms with van der Waals surface area (Å²) in [7, 11) is -1.26.